The van der Waals surface area contributed by atoms with Gasteiger partial charge in [0.05, 0.1) is 6.61 Å². The van der Waals surface area contributed by atoms with E-state index in [0.29, 0.717) is 12.2 Å². The van der Waals surface area contributed by atoms with Gasteiger partial charge in [0.15, 0.2) is 0 Å². The zero-order chi connectivity index (χ0) is 13.8. The van der Waals surface area contributed by atoms with Gasteiger partial charge < -0.3 is 9.64 Å². The molecule has 106 valence electrons. The van der Waals surface area contributed by atoms with Crippen LogP contribution in [0.4, 0.5) is 0 Å². The van der Waals surface area contributed by atoms with Gasteiger partial charge in [-0.3, -0.25) is 0 Å². The highest BCUT2D eigenvalue weighted by Gasteiger charge is 2.06. The van der Waals surface area contributed by atoms with E-state index in [9.17, 15) is 4.79 Å². The lowest BCUT2D eigenvalue weighted by Gasteiger charge is -2.16. The van der Waals surface area contributed by atoms with E-state index in [4.69, 9.17) is 4.74 Å². The van der Waals surface area contributed by atoms with Crippen LogP contribution in [0.3, 0.4) is 0 Å². The third-order valence-corrected chi connectivity index (χ3v) is 2.99. The third-order valence-electron chi connectivity index (χ3n) is 2.99. The highest BCUT2D eigenvalue weighted by molar-refractivity contribution is 5.87. The van der Waals surface area contributed by atoms with Gasteiger partial charge in [0, 0.05) is 24.9 Å². The van der Waals surface area contributed by atoms with Crippen LogP contribution in [0.2, 0.25) is 0 Å². The number of rotatable bonds is 10. The molecule has 0 unspecified atom stereocenters. The van der Waals surface area contributed by atoms with E-state index in [1.165, 1.54) is 19.3 Å². The van der Waals surface area contributed by atoms with E-state index in [0.717, 1.165) is 25.9 Å². The molecule has 0 bridgehead atoms. The van der Waals surface area contributed by atoms with E-state index in [2.05, 4.69) is 25.7 Å². The van der Waals surface area contributed by atoms with E-state index in [-0.39, 0.29) is 5.97 Å². The number of ether oxygens (including phenoxy) is 1. The Kier molecular flexibility index (Phi) is 10.5. The summed E-state index contributed by atoms with van der Waals surface area (Å²) >= 11 is 0. The van der Waals surface area contributed by atoms with Crippen molar-refractivity contribution in [3.63, 3.8) is 0 Å². The Morgan fingerprint density at radius 1 is 1.06 bits per heavy atom. The average Bonchev–Trinajstić information content (AvgIpc) is 2.39. The number of carbonyl (C=O) groups is 1. The number of hydrogen-bond acceptors (Lipinski definition) is 3. The van der Waals surface area contributed by atoms with Gasteiger partial charge in [0.1, 0.15) is 0 Å². The van der Waals surface area contributed by atoms with Crippen molar-refractivity contribution in [3.05, 3.63) is 11.8 Å². The van der Waals surface area contributed by atoms with Gasteiger partial charge in [-0.1, -0.05) is 32.6 Å². The smallest absolute Gasteiger partial charge is 0.335 e. The first-order chi connectivity index (χ1) is 8.65. The Morgan fingerprint density at radius 2 is 1.67 bits per heavy atom. The highest BCUT2D eigenvalue weighted by atomic mass is 16.5. The molecule has 0 aromatic heterocycles. The molecule has 0 heterocycles. The summed E-state index contributed by atoms with van der Waals surface area (Å²) in [6.45, 7) is 10.5. The molecule has 0 saturated carbocycles. The molecule has 0 aliphatic heterocycles. The van der Waals surface area contributed by atoms with Crippen LogP contribution in [-0.4, -0.2) is 30.6 Å². The molecular weight excluding hydrogens is 226 g/mol. The van der Waals surface area contributed by atoms with Crippen LogP contribution >= 0.6 is 0 Å². The molecule has 0 aromatic carbocycles. The van der Waals surface area contributed by atoms with Gasteiger partial charge in [-0.05, 0) is 27.2 Å². The summed E-state index contributed by atoms with van der Waals surface area (Å²) < 4.78 is 5.24. The molecule has 0 aliphatic rings. The normalized spacial score (nSPS) is 11.4. The highest BCUT2D eigenvalue weighted by Crippen LogP contribution is 2.05. The predicted octanol–water partition coefficient (Wildman–Crippen LogP) is 3.75. The van der Waals surface area contributed by atoms with Gasteiger partial charge in [-0.2, -0.15) is 0 Å². The largest absolute Gasteiger partial charge is 0.462 e. The number of nitrogens with zero attached hydrogens (tertiary/aromatic N) is 1. The molecule has 0 aliphatic carbocycles. The maximum absolute atomic E-state index is 11.7. The summed E-state index contributed by atoms with van der Waals surface area (Å²) in [7, 11) is 0. The second kappa shape index (κ2) is 11.1. The Balaban J connectivity index is 3.80. The van der Waals surface area contributed by atoms with Gasteiger partial charge in [-0.15, -0.1) is 0 Å². The molecule has 0 fully saturated rings. The van der Waals surface area contributed by atoms with Gasteiger partial charge in [0.25, 0.3) is 0 Å². The predicted molar refractivity (Wildman–Crippen MR) is 76.4 cm³/mol. The SMILES string of the molecule is CCCCCCCOC(=O)C(C)=CN(CC)CC. The summed E-state index contributed by atoms with van der Waals surface area (Å²) in [5, 5.41) is 0. The average molecular weight is 255 g/mol. The molecule has 0 saturated heterocycles. The number of esters is 1. The van der Waals surface area contributed by atoms with Crippen molar-refractivity contribution in [2.75, 3.05) is 19.7 Å². The Morgan fingerprint density at radius 3 is 2.22 bits per heavy atom. The first-order valence-electron chi connectivity index (χ1n) is 7.25. The van der Waals surface area contributed by atoms with Crippen molar-refractivity contribution >= 4 is 5.97 Å². The van der Waals surface area contributed by atoms with Crippen molar-refractivity contribution in [3.8, 4) is 0 Å². The second-order valence-corrected chi connectivity index (χ2v) is 4.58. The van der Waals surface area contributed by atoms with Crippen molar-refractivity contribution < 1.29 is 9.53 Å². The van der Waals surface area contributed by atoms with Gasteiger partial charge in [-0.25, -0.2) is 4.79 Å². The molecule has 0 radical (unpaired) electrons. The second-order valence-electron chi connectivity index (χ2n) is 4.58. The van der Waals surface area contributed by atoms with Crippen LogP contribution in [0.25, 0.3) is 0 Å². The zero-order valence-corrected chi connectivity index (χ0v) is 12.5. The topological polar surface area (TPSA) is 29.5 Å². The van der Waals surface area contributed by atoms with E-state index < -0.39 is 0 Å². The lowest BCUT2D eigenvalue weighted by atomic mass is 10.2. The summed E-state index contributed by atoms with van der Waals surface area (Å²) in [6, 6.07) is 0. The first-order valence-corrected chi connectivity index (χ1v) is 7.25. The van der Waals surface area contributed by atoms with Crippen molar-refractivity contribution in [1.29, 1.82) is 0 Å². The summed E-state index contributed by atoms with van der Waals surface area (Å²) in [6.07, 6.45) is 7.77. The van der Waals surface area contributed by atoms with Gasteiger partial charge in [0.2, 0.25) is 0 Å². The van der Waals surface area contributed by atoms with Crippen molar-refractivity contribution in [1.82, 2.24) is 4.90 Å². The Bertz CT molecular complexity index is 245. The van der Waals surface area contributed by atoms with Crippen LogP contribution in [0, 0.1) is 0 Å². The molecule has 0 N–H and O–H groups in total. The maximum Gasteiger partial charge on any atom is 0.335 e. The van der Waals surface area contributed by atoms with Crippen molar-refractivity contribution in [2.45, 2.75) is 59.8 Å². The molecule has 0 rings (SSSR count). The number of carbonyl (C=O) groups excluding carboxylic acids is 1. The monoisotopic (exact) mass is 255 g/mol. The molecule has 0 aromatic rings. The Hall–Kier alpha value is -0.990. The molecular formula is C15H29NO2. The maximum atomic E-state index is 11.7. The minimum atomic E-state index is -0.183. The van der Waals surface area contributed by atoms with Crippen LogP contribution in [0.15, 0.2) is 11.8 Å². The van der Waals surface area contributed by atoms with Crippen LogP contribution in [0.1, 0.15) is 59.8 Å². The molecule has 0 spiro atoms. The van der Waals surface area contributed by atoms with Crippen LogP contribution < -0.4 is 0 Å². The quantitative estimate of drug-likeness (QED) is 0.338. The third kappa shape index (κ3) is 8.15. The molecule has 18 heavy (non-hydrogen) atoms. The fourth-order valence-corrected chi connectivity index (χ4v) is 1.72. The Labute approximate surface area is 112 Å². The minimum Gasteiger partial charge on any atom is -0.462 e. The molecule has 0 atom stereocenters. The standard InChI is InChI=1S/C15H29NO2/c1-5-8-9-10-11-12-18-15(17)14(4)13-16(6-2)7-3/h13H,5-12H2,1-4H3. The fourth-order valence-electron chi connectivity index (χ4n) is 1.72. The van der Waals surface area contributed by atoms with E-state index in [1.807, 2.05) is 13.1 Å². The summed E-state index contributed by atoms with van der Waals surface area (Å²) in [5.74, 6) is -0.183. The van der Waals surface area contributed by atoms with E-state index >= 15 is 0 Å². The van der Waals surface area contributed by atoms with Gasteiger partial charge >= 0.3 is 5.97 Å². The number of hydrogen-bond donors (Lipinski definition) is 0. The van der Waals surface area contributed by atoms with Crippen LogP contribution in [0.5, 0.6) is 0 Å². The first kappa shape index (κ1) is 17.0. The summed E-state index contributed by atoms with van der Waals surface area (Å²) in [4.78, 5) is 13.8. The lowest BCUT2D eigenvalue weighted by Crippen LogP contribution is -2.18. The minimum absolute atomic E-state index is 0.183. The molecule has 3 nitrogen and oxygen atoms in total. The summed E-state index contributed by atoms with van der Waals surface area (Å²) in [5.41, 5.74) is 0.687. The lowest BCUT2D eigenvalue weighted by molar-refractivity contribution is -0.139. The fraction of sp³-hybridized carbons (Fsp3) is 0.800. The molecule has 0 amide bonds. The van der Waals surface area contributed by atoms with E-state index in [1.54, 1.807) is 0 Å². The zero-order valence-electron chi connectivity index (χ0n) is 12.5. The van der Waals surface area contributed by atoms with Crippen LogP contribution in [-0.2, 0) is 9.53 Å². The van der Waals surface area contributed by atoms with Crippen molar-refractivity contribution in [2.24, 2.45) is 0 Å². The molecule has 3 heteroatoms. The number of unbranched alkanes of at least 4 members (excludes halogenated alkanes) is 4.